The fraction of sp³-hybridized carbons (Fsp3) is 0.433. The Morgan fingerprint density at radius 2 is 1.48 bits per heavy atom. The maximum atomic E-state index is 13.5. The molecule has 0 aliphatic heterocycles. The lowest BCUT2D eigenvalue weighted by Crippen LogP contribution is -2.36. The van der Waals surface area contributed by atoms with Crippen LogP contribution in [0.1, 0.15) is 57.6 Å². The van der Waals surface area contributed by atoms with Gasteiger partial charge >= 0.3 is 18.0 Å². The number of carbonyl (C=O) groups is 3. The minimum atomic E-state index is -3.50. The van der Waals surface area contributed by atoms with Crippen molar-refractivity contribution in [3.05, 3.63) is 75.8 Å². The molecule has 2 rings (SSSR count). The van der Waals surface area contributed by atoms with Gasteiger partial charge in [-0.3, -0.25) is 4.79 Å². The van der Waals surface area contributed by atoms with Gasteiger partial charge in [-0.05, 0) is 63.3 Å². The quantitative estimate of drug-likeness (QED) is 0.0527. The molecule has 0 saturated heterocycles. The summed E-state index contributed by atoms with van der Waals surface area (Å²) < 4.78 is 40.2. The van der Waals surface area contributed by atoms with Gasteiger partial charge in [-0.15, -0.1) is 10.1 Å². The lowest BCUT2D eigenvalue weighted by Gasteiger charge is -2.19. The second kappa shape index (κ2) is 17.0. The van der Waals surface area contributed by atoms with E-state index in [-0.39, 0.29) is 29.3 Å². The third-order valence-corrected chi connectivity index (χ3v) is 6.95. The van der Waals surface area contributed by atoms with Gasteiger partial charge in [0.1, 0.15) is 18.8 Å². The van der Waals surface area contributed by atoms with E-state index >= 15 is 0 Å². The van der Waals surface area contributed by atoms with Crippen LogP contribution in [0.25, 0.3) is 11.1 Å². The minimum absolute atomic E-state index is 0.0127. The molecule has 2 aromatic carbocycles. The van der Waals surface area contributed by atoms with Gasteiger partial charge in [0.25, 0.3) is 5.09 Å². The molecule has 0 aliphatic rings. The average Bonchev–Trinajstić information content (AvgIpc) is 2.94. The summed E-state index contributed by atoms with van der Waals surface area (Å²) in [6.07, 6.45) is 2.52. The number of hydrogen-bond donors (Lipinski definition) is 1. The van der Waals surface area contributed by atoms with Crippen molar-refractivity contribution in [3.8, 4) is 0 Å². The summed E-state index contributed by atoms with van der Waals surface area (Å²) >= 11 is 0. The van der Waals surface area contributed by atoms with Gasteiger partial charge in [0.2, 0.25) is 0 Å². The number of rotatable bonds is 16. The number of esters is 2. The van der Waals surface area contributed by atoms with Crippen molar-refractivity contribution in [3.63, 3.8) is 0 Å². The van der Waals surface area contributed by atoms with Crippen molar-refractivity contribution in [1.29, 1.82) is 0 Å². The first kappa shape index (κ1) is 35.7. The molecular formula is C30H38N2O11S. The fourth-order valence-corrected chi connectivity index (χ4v) is 4.45. The average molecular weight is 635 g/mol. The van der Waals surface area contributed by atoms with Gasteiger partial charge in [0.05, 0.1) is 23.7 Å². The normalized spacial score (nSPS) is 12.0. The molecule has 0 heterocycles. The van der Waals surface area contributed by atoms with Crippen LogP contribution in [0.4, 0.5) is 4.79 Å². The zero-order valence-electron chi connectivity index (χ0n) is 25.2. The molecule has 1 amide bonds. The predicted molar refractivity (Wildman–Crippen MR) is 160 cm³/mol. The number of carbonyl (C=O) groups excluding carboxylic acids is 3. The Bertz CT molecular complexity index is 1420. The van der Waals surface area contributed by atoms with E-state index in [1.54, 1.807) is 51.1 Å². The van der Waals surface area contributed by atoms with Crippen molar-refractivity contribution < 1.29 is 46.9 Å². The SMILES string of the molecule is CC(C)(C)OC(=O)NCC(=O)OC/C(=C(\C(=O)OCCCCCCO[N+](=O)[O-])c1ccccc1)c1ccc(S(C)(=O)=O)cc1. The molecule has 14 heteroatoms. The maximum absolute atomic E-state index is 13.5. The Kier molecular flexibility index (Phi) is 13.8. The van der Waals surface area contributed by atoms with Crippen LogP contribution < -0.4 is 5.32 Å². The maximum Gasteiger partial charge on any atom is 0.408 e. The highest BCUT2D eigenvalue weighted by molar-refractivity contribution is 7.90. The van der Waals surface area contributed by atoms with Crippen molar-refractivity contribution in [2.24, 2.45) is 0 Å². The number of ether oxygens (including phenoxy) is 3. The first-order valence-corrected chi connectivity index (χ1v) is 15.7. The van der Waals surface area contributed by atoms with Gasteiger partial charge in [-0.1, -0.05) is 48.9 Å². The van der Waals surface area contributed by atoms with Crippen LogP contribution in [0.2, 0.25) is 0 Å². The fourth-order valence-electron chi connectivity index (χ4n) is 3.82. The molecule has 0 unspecified atom stereocenters. The number of sulfone groups is 1. The summed E-state index contributed by atoms with van der Waals surface area (Å²) in [6.45, 7) is 4.18. The Labute approximate surface area is 256 Å². The summed E-state index contributed by atoms with van der Waals surface area (Å²) in [5, 5.41) is 11.7. The third kappa shape index (κ3) is 13.2. The van der Waals surface area contributed by atoms with E-state index in [1.807, 2.05) is 0 Å². The first-order valence-electron chi connectivity index (χ1n) is 13.8. The Hall–Kier alpha value is -4.46. The molecule has 0 saturated carbocycles. The zero-order valence-corrected chi connectivity index (χ0v) is 26.0. The molecule has 0 spiro atoms. The van der Waals surface area contributed by atoms with Crippen LogP contribution in [0.3, 0.4) is 0 Å². The second-order valence-electron chi connectivity index (χ2n) is 10.6. The van der Waals surface area contributed by atoms with Crippen molar-refractivity contribution in [1.82, 2.24) is 5.32 Å². The predicted octanol–water partition coefficient (Wildman–Crippen LogP) is 4.38. The smallest absolute Gasteiger partial charge is 0.408 e. The summed E-state index contributed by atoms with van der Waals surface area (Å²) in [6, 6.07) is 14.3. The van der Waals surface area contributed by atoms with E-state index in [0.717, 1.165) is 6.26 Å². The molecule has 0 atom stereocenters. The van der Waals surface area contributed by atoms with E-state index in [0.29, 0.717) is 36.8 Å². The minimum Gasteiger partial charge on any atom is -0.462 e. The summed E-state index contributed by atoms with van der Waals surface area (Å²) in [5.41, 5.74) is 0.471. The highest BCUT2D eigenvalue weighted by Crippen LogP contribution is 2.29. The Balaban J connectivity index is 2.31. The number of amides is 1. The molecule has 0 aromatic heterocycles. The number of benzene rings is 2. The monoisotopic (exact) mass is 634 g/mol. The number of hydrogen-bond acceptors (Lipinski definition) is 11. The van der Waals surface area contributed by atoms with E-state index in [4.69, 9.17) is 14.2 Å². The number of nitrogens with zero attached hydrogens (tertiary/aromatic N) is 1. The van der Waals surface area contributed by atoms with E-state index in [1.165, 1.54) is 24.3 Å². The van der Waals surface area contributed by atoms with Crippen molar-refractivity contribution >= 4 is 39.0 Å². The van der Waals surface area contributed by atoms with Crippen LogP contribution in [-0.4, -0.2) is 69.8 Å². The Morgan fingerprint density at radius 1 is 0.864 bits per heavy atom. The third-order valence-electron chi connectivity index (χ3n) is 5.82. The lowest BCUT2D eigenvalue weighted by atomic mass is 9.95. The standard InChI is InChI=1S/C30H38N2O11S/c1-30(2,3)43-29(35)31-20-26(33)41-21-25(22-14-16-24(17-15-22)44(4,38)39)27(23-12-8-7-9-13-23)28(34)40-18-10-5-6-11-19-42-32(36)37/h7-9,12-17H,5-6,10-11,18-21H2,1-4H3,(H,31,35)/b27-25+. The van der Waals surface area contributed by atoms with Gasteiger partial charge in [-0.2, -0.15) is 0 Å². The number of unbranched alkanes of at least 4 members (excludes halogenated alkanes) is 3. The Morgan fingerprint density at radius 3 is 2.05 bits per heavy atom. The molecule has 44 heavy (non-hydrogen) atoms. The van der Waals surface area contributed by atoms with Crippen molar-refractivity contribution in [2.45, 2.75) is 57.0 Å². The molecule has 0 radical (unpaired) electrons. The zero-order chi connectivity index (χ0) is 32.8. The highest BCUT2D eigenvalue weighted by Gasteiger charge is 2.23. The molecule has 240 valence electrons. The molecule has 1 N–H and O–H groups in total. The molecule has 13 nitrogen and oxygen atoms in total. The molecule has 2 aromatic rings. The lowest BCUT2D eigenvalue weighted by molar-refractivity contribution is -0.757. The molecule has 0 aliphatic carbocycles. The largest absolute Gasteiger partial charge is 0.462 e. The van der Waals surface area contributed by atoms with Crippen LogP contribution >= 0.6 is 0 Å². The summed E-state index contributed by atoms with van der Waals surface area (Å²) in [5.74, 6) is -1.50. The van der Waals surface area contributed by atoms with E-state index in [2.05, 4.69) is 10.2 Å². The topological polar surface area (TPSA) is 177 Å². The van der Waals surface area contributed by atoms with Gasteiger partial charge in [-0.25, -0.2) is 18.0 Å². The van der Waals surface area contributed by atoms with Gasteiger partial charge in [0.15, 0.2) is 9.84 Å². The molecule has 0 fully saturated rings. The van der Waals surface area contributed by atoms with Crippen LogP contribution in [0.5, 0.6) is 0 Å². The summed E-state index contributed by atoms with van der Waals surface area (Å²) in [7, 11) is -3.50. The molecular weight excluding hydrogens is 596 g/mol. The van der Waals surface area contributed by atoms with Crippen LogP contribution in [-0.2, 0) is 38.5 Å². The van der Waals surface area contributed by atoms with Gasteiger partial charge < -0.3 is 24.4 Å². The molecule has 0 bridgehead atoms. The number of nitrogens with one attached hydrogen (secondary N) is 1. The van der Waals surface area contributed by atoms with Gasteiger partial charge in [0, 0.05) is 11.8 Å². The number of alkyl carbamates (subject to hydrolysis) is 1. The van der Waals surface area contributed by atoms with Crippen molar-refractivity contribution in [2.75, 3.05) is 32.6 Å². The van der Waals surface area contributed by atoms with E-state index in [9.17, 15) is 32.9 Å². The van der Waals surface area contributed by atoms with E-state index < -0.39 is 51.7 Å². The first-order chi connectivity index (χ1) is 20.7. The summed E-state index contributed by atoms with van der Waals surface area (Å²) in [4.78, 5) is 52.6. The highest BCUT2D eigenvalue weighted by atomic mass is 32.2. The van der Waals surface area contributed by atoms with Crippen LogP contribution in [0, 0.1) is 10.1 Å². The second-order valence-corrected chi connectivity index (χ2v) is 12.7. The van der Waals surface area contributed by atoms with Crippen LogP contribution in [0.15, 0.2) is 59.5 Å².